The minimum atomic E-state index is -0.648. The SMILES string of the molecule is CCCCCCc1ccc(C2(c3ccc(CCCCCC)cc3)c3cc(-c4cc(CCCCCC)c(-c5ccc(C(=O)c6ccccc6)cc5)cc4CCCCCC)ccc3-c3ccc(-c4cc(CCCCCC)c(-c5ccc(C(=O)c6ccccc6)cc5)cc4CCCCCC)cc32)cc1. The number of hydrogen-bond donors (Lipinski definition) is 0. The molecule has 0 saturated carbocycles. The lowest BCUT2D eigenvalue weighted by atomic mass is 9.66. The van der Waals surface area contributed by atoms with Crippen LogP contribution < -0.4 is 0 Å². The highest BCUT2D eigenvalue weighted by molar-refractivity contribution is 6.10. The highest BCUT2D eigenvalue weighted by atomic mass is 16.1. The number of hydrogen-bond acceptors (Lipinski definition) is 2. The Bertz CT molecular complexity index is 3970. The molecular formula is C99H114O2. The first-order chi connectivity index (χ1) is 49.7. The average molecular weight is 1340 g/mol. The zero-order valence-electron chi connectivity index (χ0n) is 62.3. The number of carbonyl (C=O) groups excluding carboxylic acids is 2. The smallest absolute Gasteiger partial charge is 0.193 e. The first-order valence-corrected chi connectivity index (χ1v) is 39.9. The lowest BCUT2D eigenvalue weighted by Crippen LogP contribution is -2.29. The summed E-state index contributed by atoms with van der Waals surface area (Å²) in [7, 11) is 0. The monoisotopic (exact) mass is 1330 g/mol. The molecule has 0 atom stereocenters. The van der Waals surface area contributed by atoms with Crippen molar-refractivity contribution in [2.75, 3.05) is 0 Å². The minimum Gasteiger partial charge on any atom is -0.289 e. The highest BCUT2D eigenvalue weighted by Crippen LogP contribution is 2.58. The summed E-state index contributed by atoms with van der Waals surface area (Å²) in [5.41, 5.74) is 28.8. The summed E-state index contributed by atoms with van der Waals surface area (Å²) in [6, 6.07) is 82.0. The normalized spacial score (nSPS) is 12.2. The molecule has 522 valence electrons. The Balaban J connectivity index is 1.12. The van der Waals surface area contributed by atoms with Gasteiger partial charge in [-0.05, 0) is 200 Å². The van der Waals surface area contributed by atoms with Crippen LogP contribution in [0.15, 0.2) is 218 Å². The van der Waals surface area contributed by atoms with Crippen molar-refractivity contribution in [1.82, 2.24) is 0 Å². The summed E-state index contributed by atoms with van der Waals surface area (Å²) >= 11 is 0. The van der Waals surface area contributed by atoms with Gasteiger partial charge in [-0.2, -0.15) is 0 Å². The van der Waals surface area contributed by atoms with E-state index in [0.29, 0.717) is 0 Å². The van der Waals surface area contributed by atoms with Crippen LogP contribution in [0.2, 0.25) is 0 Å². The fraction of sp³-hybridized carbons (Fsp3) is 0.374. The Morgan fingerprint density at radius 1 is 0.238 bits per heavy atom. The van der Waals surface area contributed by atoms with Crippen LogP contribution >= 0.6 is 0 Å². The van der Waals surface area contributed by atoms with Gasteiger partial charge in [-0.25, -0.2) is 0 Å². The summed E-state index contributed by atoms with van der Waals surface area (Å²) in [5, 5.41) is 0. The number of unbranched alkanes of at least 4 members (excludes halogenated alkanes) is 18. The van der Waals surface area contributed by atoms with Gasteiger partial charge >= 0.3 is 0 Å². The van der Waals surface area contributed by atoms with E-state index in [4.69, 9.17) is 0 Å². The number of ketones is 2. The van der Waals surface area contributed by atoms with Gasteiger partial charge < -0.3 is 0 Å². The van der Waals surface area contributed by atoms with Crippen LogP contribution in [0.3, 0.4) is 0 Å². The van der Waals surface area contributed by atoms with Crippen LogP contribution in [-0.4, -0.2) is 11.6 Å². The Morgan fingerprint density at radius 3 is 0.802 bits per heavy atom. The quantitative estimate of drug-likeness (QED) is 0.0283. The largest absolute Gasteiger partial charge is 0.289 e. The lowest BCUT2D eigenvalue weighted by Gasteiger charge is -2.35. The Kier molecular flexibility index (Phi) is 27.4. The Labute approximate surface area is 608 Å². The van der Waals surface area contributed by atoms with Crippen molar-refractivity contribution >= 4 is 11.6 Å². The molecule has 10 aromatic carbocycles. The maximum atomic E-state index is 13.8. The second-order valence-electron chi connectivity index (χ2n) is 29.4. The van der Waals surface area contributed by atoms with Crippen molar-refractivity contribution in [1.29, 1.82) is 0 Å². The Hall–Kier alpha value is -8.46. The molecule has 10 aromatic rings. The van der Waals surface area contributed by atoms with Crippen molar-refractivity contribution in [3.63, 3.8) is 0 Å². The molecule has 0 heterocycles. The van der Waals surface area contributed by atoms with E-state index in [1.807, 2.05) is 60.7 Å². The lowest BCUT2D eigenvalue weighted by molar-refractivity contribution is 0.103. The summed E-state index contributed by atoms with van der Waals surface area (Å²) in [4.78, 5) is 27.7. The summed E-state index contributed by atoms with van der Waals surface area (Å²) in [6.45, 7) is 13.9. The molecule has 0 aromatic heterocycles. The molecule has 0 radical (unpaired) electrons. The molecule has 0 amide bonds. The summed E-state index contributed by atoms with van der Waals surface area (Å²) in [6.07, 6.45) is 35.0. The van der Waals surface area contributed by atoms with Crippen LogP contribution in [0.4, 0.5) is 0 Å². The summed E-state index contributed by atoms with van der Waals surface area (Å²) in [5.74, 6) is 0.118. The number of fused-ring (bicyclic) bond motifs is 3. The molecule has 101 heavy (non-hydrogen) atoms. The fourth-order valence-corrected chi connectivity index (χ4v) is 16.2. The van der Waals surface area contributed by atoms with Gasteiger partial charge in [-0.3, -0.25) is 9.59 Å². The van der Waals surface area contributed by atoms with Crippen molar-refractivity contribution in [2.24, 2.45) is 0 Å². The van der Waals surface area contributed by atoms with Crippen LogP contribution in [0.25, 0.3) is 55.6 Å². The van der Waals surface area contributed by atoms with E-state index in [-0.39, 0.29) is 11.6 Å². The van der Waals surface area contributed by atoms with Gasteiger partial charge in [0.2, 0.25) is 0 Å². The van der Waals surface area contributed by atoms with Crippen molar-refractivity contribution < 1.29 is 9.59 Å². The van der Waals surface area contributed by atoms with Gasteiger partial charge in [-0.1, -0.05) is 363 Å². The van der Waals surface area contributed by atoms with Crippen LogP contribution in [0.5, 0.6) is 0 Å². The topological polar surface area (TPSA) is 34.1 Å². The molecule has 1 aliphatic carbocycles. The summed E-state index contributed by atoms with van der Waals surface area (Å²) < 4.78 is 0. The molecule has 0 unspecified atom stereocenters. The molecule has 0 spiro atoms. The van der Waals surface area contributed by atoms with Crippen LogP contribution in [0, 0.1) is 0 Å². The molecule has 2 heteroatoms. The van der Waals surface area contributed by atoms with E-state index in [2.05, 4.69) is 199 Å². The zero-order chi connectivity index (χ0) is 70.2. The maximum Gasteiger partial charge on any atom is 0.193 e. The third kappa shape index (κ3) is 18.1. The van der Waals surface area contributed by atoms with Crippen molar-refractivity contribution in [2.45, 2.75) is 240 Å². The zero-order valence-corrected chi connectivity index (χ0v) is 62.3. The highest BCUT2D eigenvalue weighted by Gasteiger charge is 2.47. The standard InChI is InChI=1S/C99H114O2/c1-7-13-19-27-37-73-47-61-87(62-48-73)99(88-63-49-74(50-64-88)38-28-20-14-8-2)95-71-85(93-69-81(43-29-21-15-9-3)91(67-83(93)45-31-23-17-11-5)75-51-55-79(56-52-75)97(100)77-39-33-25-34-40-77)59-65-89(95)90-66-60-86(72-96(90)99)94-70-82(44-30-22-16-10-4)92(68-84(94)46-32-24-18-12-6)76-53-57-80(58-54-76)98(101)78-41-35-26-36-42-78/h25-26,33-36,39-42,47-72H,7-24,27-32,37-38,43-46H2,1-6H3. The van der Waals surface area contributed by atoms with Gasteiger partial charge in [0.05, 0.1) is 5.41 Å². The number of rotatable bonds is 40. The maximum absolute atomic E-state index is 13.8. The minimum absolute atomic E-state index is 0.0591. The molecule has 0 bridgehead atoms. The molecule has 0 saturated heterocycles. The Morgan fingerprint density at radius 2 is 0.505 bits per heavy atom. The third-order valence-electron chi connectivity index (χ3n) is 22.0. The molecule has 0 fully saturated rings. The van der Waals surface area contributed by atoms with Gasteiger partial charge in [0, 0.05) is 22.3 Å². The number of benzene rings is 10. The second-order valence-corrected chi connectivity index (χ2v) is 29.4. The van der Waals surface area contributed by atoms with E-state index in [1.165, 1.54) is 240 Å². The molecule has 11 rings (SSSR count). The second kappa shape index (κ2) is 37.5. The first-order valence-electron chi connectivity index (χ1n) is 39.9. The van der Waals surface area contributed by atoms with E-state index >= 15 is 0 Å². The molecule has 1 aliphatic rings. The predicted octanol–water partition coefficient (Wildman–Crippen LogP) is 27.9. The number of carbonyl (C=O) groups is 2. The van der Waals surface area contributed by atoms with Gasteiger partial charge in [0.25, 0.3) is 0 Å². The van der Waals surface area contributed by atoms with Crippen molar-refractivity contribution in [3.05, 3.63) is 296 Å². The van der Waals surface area contributed by atoms with E-state index in [0.717, 1.165) is 86.5 Å². The van der Waals surface area contributed by atoms with Gasteiger partial charge in [0.15, 0.2) is 11.6 Å². The molecule has 0 N–H and O–H groups in total. The third-order valence-corrected chi connectivity index (χ3v) is 22.0. The first kappa shape index (κ1) is 73.8. The van der Waals surface area contributed by atoms with Crippen LogP contribution in [0.1, 0.15) is 283 Å². The van der Waals surface area contributed by atoms with E-state index < -0.39 is 5.41 Å². The van der Waals surface area contributed by atoms with E-state index in [9.17, 15) is 9.59 Å². The van der Waals surface area contributed by atoms with Gasteiger partial charge in [0.1, 0.15) is 0 Å². The average Bonchev–Trinajstić information content (AvgIpc) is 1.55. The molecule has 0 aliphatic heterocycles. The molecule has 2 nitrogen and oxygen atoms in total. The van der Waals surface area contributed by atoms with E-state index in [1.54, 1.807) is 0 Å². The van der Waals surface area contributed by atoms with Crippen molar-refractivity contribution in [3.8, 4) is 55.6 Å². The number of aryl methyl sites for hydroxylation is 6. The molecular weight excluding hydrogens is 1220 g/mol. The predicted molar refractivity (Wildman–Crippen MR) is 432 cm³/mol. The van der Waals surface area contributed by atoms with Crippen LogP contribution in [-0.2, 0) is 43.9 Å². The van der Waals surface area contributed by atoms with Gasteiger partial charge in [-0.15, -0.1) is 0 Å². The fourth-order valence-electron chi connectivity index (χ4n) is 16.2.